The first-order valence-electron chi connectivity index (χ1n) is 6.88. The van der Waals surface area contributed by atoms with Crippen LogP contribution in [-0.4, -0.2) is 25.7 Å². The average Bonchev–Trinajstić information content (AvgIpc) is 2.39. The molecule has 0 spiro atoms. The molecule has 118 valence electrons. The zero-order valence-electron chi connectivity index (χ0n) is 13.1. The van der Waals surface area contributed by atoms with Crippen molar-refractivity contribution in [2.24, 2.45) is 10.7 Å². The van der Waals surface area contributed by atoms with Gasteiger partial charge in [-0.2, -0.15) is 0 Å². The van der Waals surface area contributed by atoms with Crippen molar-refractivity contribution in [3.8, 4) is 5.75 Å². The second kappa shape index (κ2) is 10.5. The minimum absolute atomic E-state index is 0. The third kappa shape index (κ3) is 7.94. The maximum absolute atomic E-state index is 5.81. The number of ether oxygens (including phenoxy) is 1. The summed E-state index contributed by atoms with van der Waals surface area (Å²) in [7, 11) is 0. The van der Waals surface area contributed by atoms with Gasteiger partial charge in [-0.15, -0.1) is 24.0 Å². The predicted molar refractivity (Wildman–Crippen MR) is 101 cm³/mol. The number of benzene rings is 1. The van der Waals surface area contributed by atoms with E-state index in [1.165, 1.54) is 11.1 Å². The van der Waals surface area contributed by atoms with Crippen LogP contribution in [0.15, 0.2) is 35.3 Å². The van der Waals surface area contributed by atoms with Crippen molar-refractivity contribution in [3.05, 3.63) is 41.5 Å². The Morgan fingerprint density at radius 2 is 1.95 bits per heavy atom. The summed E-state index contributed by atoms with van der Waals surface area (Å²) < 4.78 is 5.81. The van der Waals surface area contributed by atoms with Crippen molar-refractivity contribution in [1.82, 2.24) is 5.32 Å². The molecular formula is C16H26IN3O. The van der Waals surface area contributed by atoms with E-state index in [2.05, 4.69) is 42.9 Å². The van der Waals surface area contributed by atoms with Crippen molar-refractivity contribution in [1.29, 1.82) is 0 Å². The minimum Gasteiger partial charge on any atom is -0.493 e. The van der Waals surface area contributed by atoms with E-state index in [0.717, 1.165) is 24.3 Å². The molecule has 0 amide bonds. The standard InChI is InChI=1S/C16H25N3O.HI/c1-12(2)11-19-16(17)18-9-6-10-20-15-13(3)7-5-8-14(15)4;/h5,7-8H,1,6,9-11H2,2-4H3,(H3,17,18,19);1H. The van der Waals surface area contributed by atoms with Gasteiger partial charge in [0.15, 0.2) is 5.96 Å². The first-order valence-corrected chi connectivity index (χ1v) is 6.88. The molecule has 0 aromatic heterocycles. The van der Waals surface area contributed by atoms with E-state index in [-0.39, 0.29) is 24.0 Å². The Hall–Kier alpha value is -1.24. The Morgan fingerprint density at radius 1 is 1.33 bits per heavy atom. The van der Waals surface area contributed by atoms with Gasteiger partial charge in [0, 0.05) is 6.54 Å². The third-order valence-corrected chi connectivity index (χ3v) is 2.80. The smallest absolute Gasteiger partial charge is 0.188 e. The molecule has 0 saturated heterocycles. The number of nitrogens with one attached hydrogen (secondary N) is 1. The minimum atomic E-state index is 0. The van der Waals surface area contributed by atoms with Gasteiger partial charge in [0.25, 0.3) is 0 Å². The van der Waals surface area contributed by atoms with E-state index in [0.29, 0.717) is 19.1 Å². The Labute approximate surface area is 144 Å². The molecule has 0 aliphatic carbocycles. The lowest BCUT2D eigenvalue weighted by atomic mass is 10.1. The lowest BCUT2D eigenvalue weighted by molar-refractivity contribution is 0.307. The summed E-state index contributed by atoms with van der Waals surface area (Å²) in [6.45, 7) is 11.8. The number of aryl methyl sites for hydroxylation is 2. The summed E-state index contributed by atoms with van der Waals surface area (Å²) >= 11 is 0. The van der Waals surface area contributed by atoms with Crippen LogP contribution in [0, 0.1) is 13.8 Å². The predicted octanol–water partition coefficient (Wildman–Crippen LogP) is 3.17. The Morgan fingerprint density at radius 3 is 2.52 bits per heavy atom. The highest BCUT2D eigenvalue weighted by molar-refractivity contribution is 14.0. The zero-order valence-corrected chi connectivity index (χ0v) is 15.4. The number of nitrogens with two attached hydrogens (primary N) is 1. The highest BCUT2D eigenvalue weighted by atomic mass is 127. The number of para-hydroxylation sites is 1. The maximum Gasteiger partial charge on any atom is 0.188 e. The number of halogens is 1. The molecule has 0 fully saturated rings. The first-order chi connectivity index (χ1) is 9.50. The molecule has 0 aliphatic heterocycles. The van der Waals surface area contributed by atoms with E-state index in [4.69, 9.17) is 10.5 Å². The van der Waals surface area contributed by atoms with Gasteiger partial charge in [-0.1, -0.05) is 30.4 Å². The first kappa shape index (κ1) is 19.8. The Balaban J connectivity index is 0.00000400. The molecule has 5 heteroatoms. The van der Waals surface area contributed by atoms with E-state index in [1.54, 1.807) is 0 Å². The fourth-order valence-electron chi connectivity index (χ4n) is 1.77. The fourth-order valence-corrected chi connectivity index (χ4v) is 1.77. The van der Waals surface area contributed by atoms with Gasteiger partial charge in [0.05, 0.1) is 13.2 Å². The zero-order chi connectivity index (χ0) is 15.0. The van der Waals surface area contributed by atoms with Crippen molar-refractivity contribution < 1.29 is 4.74 Å². The fraction of sp³-hybridized carbons (Fsp3) is 0.438. The van der Waals surface area contributed by atoms with Gasteiger partial charge >= 0.3 is 0 Å². The van der Waals surface area contributed by atoms with Crippen LogP contribution in [-0.2, 0) is 0 Å². The molecule has 4 nitrogen and oxygen atoms in total. The number of rotatable bonds is 7. The molecule has 21 heavy (non-hydrogen) atoms. The van der Waals surface area contributed by atoms with Crippen LogP contribution in [0.5, 0.6) is 5.75 Å². The number of hydrogen-bond acceptors (Lipinski definition) is 2. The van der Waals surface area contributed by atoms with Gasteiger partial charge in [-0.25, -0.2) is 4.99 Å². The largest absolute Gasteiger partial charge is 0.493 e. The topological polar surface area (TPSA) is 59.6 Å². The van der Waals surface area contributed by atoms with Gasteiger partial charge < -0.3 is 15.8 Å². The van der Waals surface area contributed by atoms with Gasteiger partial charge in [0.2, 0.25) is 0 Å². The molecule has 1 aromatic carbocycles. The lowest BCUT2D eigenvalue weighted by Gasteiger charge is -2.12. The maximum atomic E-state index is 5.81. The van der Waals surface area contributed by atoms with Crippen LogP contribution >= 0.6 is 24.0 Å². The van der Waals surface area contributed by atoms with Crippen molar-refractivity contribution in [2.75, 3.05) is 19.7 Å². The average molecular weight is 403 g/mol. The molecule has 0 aliphatic rings. The Bertz CT molecular complexity index is 466. The highest BCUT2D eigenvalue weighted by Crippen LogP contribution is 2.22. The highest BCUT2D eigenvalue weighted by Gasteiger charge is 2.02. The van der Waals surface area contributed by atoms with Crippen molar-refractivity contribution in [3.63, 3.8) is 0 Å². The molecule has 0 heterocycles. The molecular weight excluding hydrogens is 377 g/mol. The van der Waals surface area contributed by atoms with Crippen LogP contribution in [0.1, 0.15) is 24.5 Å². The van der Waals surface area contributed by atoms with E-state index in [1.807, 2.05) is 13.0 Å². The van der Waals surface area contributed by atoms with Crippen molar-refractivity contribution in [2.45, 2.75) is 27.2 Å². The number of hydrogen-bond donors (Lipinski definition) is 2. The molecule has 1 aromatic rings. The molecule has 0 radical (unpaired) electrons. The summed E-state index contributed by atoms with van der Waals surface area (Å²) in [5, 5.41) is 3.06. The normalized spacial score (nSPS) is 10.7. The molecule has 0 saturated carbocycles. The molecule has 0 bridgehead atoms. The molecule has 3 N–H and O–H groups in total. The van der Waals surface area contributed by atoms with Gasteiger partial charge in [-0.3, -0.25) is 0 Å². The van der Waals surface area contributed by atoms with Crippen molar-refractivity contribution >= 4 is 29.9 Å². The molecule has 0 atom stereocenters. The van der Waals surface area contributed by atoms with Crippen LogP contribution in [0.4, 0.5) is 0 Å². The van der Waals surface area contributed by atoms with Gasteiger partial charge in [0.1, 0.15) is 5.75 Å². The Kier molecular flexibility index (Phi) is 9.86. The molecule has 1 rings (SSSR count). The summed E-state index contributed by atoms with van der Waals surface area (Å²) in [6, 6.07) is 6.16. The van der Waals surface area contributed by atoms with Crippen LogP contribution in [0.25, 0.3) is 0 Å². The summed E-state index contributed by atoms with van der Waals surface area (Å²) in [6.07, 6.45) is 0.872. The number of nitrogens with zero attached hydrogens (tertiary/aromatic N) is 1. The second-order valence-corrected chi connectivity index (χ2v) is 5.01. The SMILES string of the molecule is C=C(C)CN=C(N)NCCCOc1c(C)cccc1C.I. The summed E-state index contributed by atoms with van der Waals surface area (Å²) in [4.78, 5) is 4.15. The molecule has 0 unspecified atom stereocenters. The van der Waals surface area contributed by atoms with Crippen LogP contribution in [0.2, 0.25) is 0 Å². The van der Waals surface area contributed by atoms with E-state index >= 15 is 0 Å². The lowest BCUT2D eigenvalue weighted by Crippen LogP contribution is -2.33. The number of guanidine groups is 1. The van der Waals surface area contributed by atoms with Crippen LogP contribution in [0.3, 0.4) is 0 Å². The third-order valence-electron chi connectivity index (χ3n) is 2.80. The van der Waals surface area contributed by atoms with E-state index in [9.17, 15) is 0 Å². The number of aliphatic imine (C=N–C) groups is 1. The van der Waals surface area contributed by atoms with Gasteiger partial charge in [-0.05, 0) is 38.3 Å². The van der Waals surface area contributed by atoms with Crippen LogP contribution < -0.4 is 15.8 Å². The second-order valence-electron chi connectivity index (χ2n) is 5.01. The summed E-state index contributed by atoms with van der Waals surface area (Å²) in [5.74, 6) is 1.44. The monoisotopic (exact) mass is 403 g/mol. The summed E-state index contributed by atoms with van der Waals surface area (Å²) in [5.41, 5.74) is 9.05. The van der Waals surface area contributed by atoms with E-state index < -0.39 is 0 Å². The quantitative estimate of drug-likeness (QED) is 0.242.